The number of halogens is 3. The van der Waals surface area contributed by atoms with Gasteiger partial charge in [-0.25, -0.2) is 8.78 Å². The van der Waals surface area contributed by atoms with Crippen molar-refractivity contribution in [2.45, 2.75) is 6.61 Å². The van der Waals surface area contributed by atoms with Crippen LogP contribution >= 0.6 is 11.6 Å². The van der Waals surface area contributed by atoms with Crippen molar-refractivity contribution in [2.75, 3.05) is 0 Å². The minimum absolute atomic E-state index is 0.0384. The van der Waals surface area contributed by atoms with Crippen LogP contribution in [0.3, 0.4) is 0 Å². The van der Waals surface area contributed by atoms with Crippen molar-refractivity contribution in [1.29, 1.82) is 0 Å². The van der Waals surface area contributed by atoms with E-state index in [1.165, 1.54) is 6.07 Å². The van der Waals surface area contributed by atoms with Crippen molar-refractivity contribution in [1.82, 2.24) is 10.1 Å². The summed E-state index contributed by atoms with van der Waals surface area (Å²) >= 11 is 5.94. The zero-order valence-corrected chi connectivity index (χ0v) is 11.8. The Balaban J connectivity index is 1.79. The Morgan fingerprint density at radius 3 is 2.50 bits per heavy atom. The molecule has 2 aromatic carbocycles. The maximum Gasteiger partial charge on any atom is 0.264 e. The second kappa shape index (κ2) is 6.11. The molecule has 1 aromatic heterocycles. The van der Waals surface area contributed by atoms with Crippen molar-refractivity contribution in [3.8, 4) is 17.2 Å². The third-order valence-electron chi connectivity index (χ3n) is 2.84. The van der Waals surface area contributed by atoms with Gasteiger partial charge in [0.1, 0.15) is 22.9 Å². The molecule has 0 aliphatic rings. The number of rotatable bonds is 4. The van der Waals surface area contributed by atoms with Crippen molar-refractivity contribution in [3.05, 3.63) is 64.9 Å². The number of ether oxygens (including phenoxy) is 1. The topological polar surface area (TPSA) is 48.2 Å². The summed E-state index contributed by atoms with van der Waals surface area (Å²) in [5.74, 6) is -1.19. The summed E-state index contributed by atoms with van der Waals surface area (Å²) in [4.78, 5) is 3.92. The summed E-state index contributed by atoms with van der Waals surface area (Å²) in [6, 6.07) is 10.4. The van der Waals surface area contributed by atoms with E-state index >= 15 is 0 Å². The molecule has 0 saturated heterocycles. The molecule has 0 radical (unpaired) electrons. The van der Waals surface area contributed by atoms with Crippen LogP contribution in [0.25, 0.3) is 11.5 Å². The van der Waals surface area contributed by atoms with E-state index in [0.717, 1.165) is 12.1 Å². The molecule has 0 fully saturated rings. The first-order chi connectivity index (χ1) is 10.6. The molecule has 0 aliphatic carbocycles. The Morgan fingerprint density at radius 2 is 1.77 bits per heavy atom. The van der Waals surface area contributed by atoms with Gasteiger partial charge in [0.2, 0.25) is 5.82 Å². The first kappa shape index (κ1) is 14.5. The Bertz CT molecular complexity index is 787. The maximum atomic E-state index is 13.6. The van der Waals surface area contributed by atoms with E-state index in [1.807, 2.05) is 0 Å². The molecule has 1 heterocycles. The predicted octanol–water partition coefficient (Wildman–Crippen LogP) is 4.25. The molecular weight excluding hydrogens is 314 g/mol. The number of nitrogens with zero attached hydrogens (tertiary/aromatic N) is 2. The van der Waals surface area contributed by atoms with Gasteiger partial charge in [-0.15, -0.1) is 0 Å². The first-order valence-corrected chi connectivity index (χ1v) is 6.67. The van der Waals surface area contributed by atoms with Crippen LogP contribution in [0.15, 0.2) is 47.0 Å². The van der Waals surface area contributed by atoms with E-state index in [1.54, 1.807) is 24.3 Å². The highest BCUT2D eigenvalue weighted by Gasteiger charge is 2.18. The van der Waals surface area contributed by atoms with Crippen molar-refractivity contribution < 1.29 is 18.0 Å². The lowest BCUT2D eigenvalue weighted by Gasteiger charge is -2.04. The lowest BCUT2D eigenvalue weighted by Crippen LogP contribution is -1.98. The molecule has 0 atom stereocenters. The minimum atomic E-state index is -0.776. The average Bonchev–Trinajstić information content (AvgIpc) is 2.95. The highest BCUT2D eigenvalue weighted by atomic mass is 35.5. The smallest absolute Gasteiger partial charge is 0.264 e. The molecule has 4 nitrogen and oxygen atoms in total. The van der Waals surface area contributed by atoms with Gasteiger partial charge in [-0.1, -0.05) is 35.0 Å². The van der Waals surface area contributed by atoms with Gasteiger partial charge in [-0.2, -0.15) is 4.98 Å². The van der Waals surface area contributed by atoms with E-state index in [4.69, 9.17) is 20.9 Å². The highest BCUT2D eigenvalue weighted by Crippen LogP contribution is 2.26. The van der Waals surface area contributed by atoms with Gasteiger partial charge < -0.3 is 9.26 Å². The molecular formula is C15H9ClF2N2O2. The van der Waals surface area contributed by atoms with Gasteiger partial charge in [0, 0.05) is 0 Å². The van der Waals surface area contributed by atoms with Crippen LogP contribution in [0.2, 0.25) is 5.02 Å². The van der Waals surface area contributed by atoms with Crippen LogP contribution in [-0.4, -0.2) is 10.1 Å². The molecule has 0 bridgehead atoms. The number of benzene rings is 2. The van der Waals surface area contributed by atoms with Crippen LogP contribution in [-0.2, 0) is 6.61 Å². The molecule has 0 aliphatic heterocycles. The fourth-order valence-corrected chi connectivity index (χ4v) is 2.01. The SMILES string of the molecule is Fc1cccc(F)c1-c1nc(COc2ccccc2Cl)no1. The highest BCUT2D eigenvalue weighted by molar-refractivity contribution is 6.32. The number of aromatic nitrogens is 2. The van der Waals surface area contributed by atoms with Gasteiger partial charge >= 0.3 is 0 Å². The summed E-state index contributed by atoms with van der Waals surface area (Å²) in [5, 5.41) is 4.07. The summed E-state index contributed by atoms with van der Waals surface area (Å²) in [6.45, 7) is -0.0384. The lowest BCUT2D eigenvalue weighted by atomic mass is 10.2. The maximum absolute atomic E-state index is 13.6. The molecule has 0 N–H and O–H groups in total. The van der Waals surface area contributed by atoms with Gasteiger partial charge in [0.25, 0.3) is 5.89 Å². The van der Waals surface area contributed by atoms with Crippen molar-refractivity contribution >= 4 is 11.6 Å². The van der Waals surface area contributed by atoms with Gasteiger partial charge in [0.05, 0.1) is 5.02 Å². The second-order valence-electron chi connectivity index (χ2n) is 4.33. The van der Waals surface area contributed by atoms with Crippen molar-refractivity contribution in [3.63, 3.8) is 0 Å². The average molecular weight is 323 g/mol. The Labute approximate surface area is 129 Å². The Hall–Kier alpha value is -2.47. The Kier molecular flexibility index (Phi) is 4.02. The largest absolute Gasteiger partial charge is 0.484 e. The Morgan fingerprint density at radius 1 is 1.05 bits per heavy atom. The predicted molar refractivity (Wildman–Crippen MR) is 75.4 cm³/mol. The molecule has 7 heteroatoms. The number of hydrogen-bond donors (Lipinski definition) is 0. The van der Waals surface area contributed by atoms with Crippen LogP contribution in [0.4, 0.5) is 8.78 Å². The molecule has 0 saturated carbocycles. The summed E-state index contributed by atoms with van der Waals surface area (Å²) in [5.41, 5.74) is -0.362. The van der Waals surface area contributed by atoms with E-state index < -0.39 is 11.6 Å². The molecule has 0 spiro atoms. The standard InChI is InChI=1S/C15H9ClF2N2O2/c16-9-4-1-2-7-12(9)21-8-13-19-15(22-20-13)14-10(17)5-3-6-11(14)18/h1-7H,8H2. The second-order valence-corrected chi connectivity index (χ2v) is 4.74. The van der Waals surface area contributed by atoms with Crippen LogP contribution in [0.1, 0.15) is 5.82 Å². The summed E-state index contributed by atoms with van der Waals surface area (Å²) in [7, 11) is 0. The van der Waals surface area contributed by atoms with Gasteiger partial charge in [0.15, 0.2) is 6.61 Å². The summed E-state index contributed by atoms with van der Waals surface area (Å²) in [6.07, 6.45) is 0. The molecule has 3 rings (SSSR count). The molecule has 3 aromatic rings. The molecule has 0 unspecified atom stereocenters. The molecule has 22 heavy (non-hydrogen) atoms. The molecule has 112 valence electrons. The van der Waals surface area contributed by atoms with Gasteiger partial charge in [-0.3, -0.25) is 0 Å². The van der Waals surface area contributed by atoms with E-state index in [0.29, 0.717) is 10.8 Å². The lowest BCUT2D eigenvalue weighted by molar-refractivity contribution is 0.287. The van der Waals surface area contributed by atoms with Crippen LogP contribution in [0.5, 0.6) is 5.75 Å². The fraction of sp³-hybridized carbons (Fsp3) is 0.0667. The summed E-state index contributed by atoms with van der Waals surface area (Å²) < 4.78 is 37.6. The van der Waals surface area contributed by atoms with Gasteiger partial charge in [-0.05, 0) is 24.3 Å². The van der Waals surface area contributed by atoms with E-state index in [-0.39, 0.29) is 23.9 Å². The monoisotopic (exact) mass is 322 g/mol. The minimum Gasteiger partial charge on any atom is -0.484 e. The van der Waals surface area contributed by atoms with Crippen LogP contribution < -0.4 is 4.74 Å². The third-order valence-corrected chi connectivity index (χ3v) is 3.15. The van der Waals surface area contributed by atoms with Crippen molar-refractivity contribution in [2.24, 2.45) is 0 Å². The van der Waals surface area contributed by atoms with E-state index in [2.05, 4.69) is 10.1 Å². The molecule has 0 amide bonds. The fourth-order valence-electron chi connectivity index (χ4n) is 1.82. The zero-order valence-electron chi connectivity index (χ0n) is 11.1. The zero-order chi connectivity index (χ0) is 15.5. The number of para-hydroxylation sites is 1. The van der Waals surface area contributed by atoms with E-state index in [9.17, 15) is 8.78 Å². The normalized spacial score (nSPS) is 10.7. The third kappa shape index (κ3) is 2.92. The number of hydrogen-bond acceptors (Lipinski definition) is 4. The van der Waals surface area contributed by atoms with Crippen LogP contribution in [0, 0.1) is 11.6 Å². The first-order valence-electron chi connectivity index (χ1n) is 6.29. The quantitative estimate of drug-likeness (QED) is 0.720.